The van der Waals surface area contributed by atoms with Crippen LogP contribution in [0.3, 0.4) is 0 Å². The van der Waals surface area contributed by atoms with E-state index in [9.17, 15) is 9.59 Å². The molecule has 0 amide bonds. The van der Waals surface area contributed by atoms with Crippen LogP contribution in [0, 0.1) is 5.92 Å². The van der Waals surface area contributed by atoms with Crippen LogP contribution < -0.4 is 5.73 Å². The van der Waals surface area contributed by atoms with Crippen molar-refractivity contribution in [2.75, 3.05) is 0 Å². The molecule has 1 aromatic carbocycles. The van der Waals surface area contributed by atoms with Crippen LogP contribution in [0.1, 0.15) is 12.0 Å². The van der Waals surface area contributed by atoms with E-state index in [2.05, 4.69) is 0 Å². The highest BCUT2D eigenvalue weighted by Crippen LogP contribution is 2.10. The molecule has 0 aliphatic rings. The first kappa shape index (κ1) is 14.1. The summed E-state index contributed by atoms with van der Waals surface area (Å²) in [6.07, 6.45) is -1.74. The van der Waals surface area contributed by atoms with Crippen molar-refractivity contribution in [2.24, 2.45) is 11.7 Å². The molecule has 18 heavy (non-hydrogen) atoms. The van der Waals surface area contributed by atoms with E-state index in [1.807, 2.05) is 6.07 Å². The van der Waals surface area contributed by atoms with Gasteiger partial charge < -0.3 is 20.7 Å². The molecular weight excluding hydrogens is 238 g/mol. The second-order valence-corrected chi connectivity index (χ2v) is 3.79. The summed E-state index contributed by atoms with van der Waals surface area (Å²) in [5, 5.41) is 17.7. The summed E-state index contributed by atoms with van der Waals surface area (Å²) in [6, 6.07) is 8.88. The number of carboxylic acids is 1. The molecule has 0 aromatic heterocycles. The minimum absolute atomic E-state index is 0.00980. The Morgan fingerprint density at radius 3 is 2.39 bits per heavy atom. The standard InChI is InChI=1S/C12H15NO5/c13-10(14)6-9(11(15)16)12(17)18-7-8-4-2-1-3-5-8/h1-5,9-10,14H,6-7,13H2,(H,15,16). The number of ether oxygens (including phenoxy) is 1. The van der Waals surface area contributed by atoms with E-state index in [4.69, 9.17) is 20.7 Å². The van der Waals surface area contributed by atoms with Gasteiger partial charge in [-0.15, -0.1) is 0 Å². The number of hydrogen-bond acceptors (Lipinski definition) is 5. The molecule has 0 bridgehead atoms. The molecule has 0 aliphatic heterocycles. The number of carboxylic acid groups (broad SMARTS) is 1. The van der Waals surface area contributed by atoms with Crippen LogP contribution in [0.4, 0.5) is 0 Å². The molecule has 6 heteroatoms. The summed E-state index contributed by atoms with van der Waals surface area (Å²) in [7, 11) is 0. The van der Waals surface area contributed by atoms with Crippen LogP contribution in [0.2, 0.25) is 0 Å². The summed E-state index contributed by atoms with van der Waals surface area (Å²) in [5.41, 5.74) is 5.81. The van der Waals surface area contributed by atoms with Gasteiger partial charge in [-0.2, -0.15) is 0 Å². The van der Waals surface area contributed by atoms with Crippen LogP contribution >= 0.6 is 0 Å². The third-order valence-corrected chi connectivity index (χ3v) is 2.28. The van der Waals surface area contributed by atoms with E-state index in [0.717, 1.165) is 5.56 Å². The summed E-state index contributed by atoms with van der Waals surface area (Å²) in [4.78, 5) is 22.3. The van der Waals surface area contributed by atoms with Gasteiger partial charge in [0.25, 0.3) is 0 Å². The highest BCUT2D eigenvalue weighted by molar-refractivity contribution is 5.93. The molecule has 0 radical (unpaired) electrons. The molecular formula is C12H15NO5. The highest BCUT2D eigenvalue weighted by Gasteiger charge is 2.29. The first-order valence-electron chi connectivity index (χ1n) is 5.37. The van der Waals surface area contributed by atoms with Gasteiger partial charge in [0.1, 0.15) is 12.8 Å². The zero-order chi connectivity index (χ0) is 13.5. The third-order valence-electron chi connectivity index (χ3n) is 2.28. The van der Waals surface area contributed by atoms with Gasteiger partial charge in [0.05, 0.1) is 0 Å². The zero-order valence-corrected chi connectivity index (χ0v) is 9.65. The number of rotatable bonds is 6. The Hall–Kier alpha value is -1.92. The SMILES string of the molecule is NC(O)CC(C(=O)O)C(=O)OCc1ccccc1. The van der Waals surface area contributed by atoms with Gasteiger partial charge in [-0.05, 0) is 5.56 Å². The van der Waals surface area contributed by atoms with E-state index in [1.165, 1.54) is 0 Å². The Morgan fingerprint density at radius 2 is 1.89 bits per heavy atom. The van der Waals surface area contributed by atoms with Crippen molar-refractivity contribution in [3.05, 3.63) is 35.9 Å². The number of aliphatic carboxylic acids is 1. The molecule has 0 fully saturated rings. The van der Waals surface area contributed by atoms with Crippen molar-refractivity contribution in [3.63, 3.8) is 0 Å². The monoisotopic (exact) mass is 253 g/mol. The molecule has 1 rings (SSSR count). The lowest BCUT2D eigenvalue weighted by molar-refractivity contribution is -0.161. The number of carbonyl (C=O) groups is 2. The van der Waals surface area contributed by atoms with Gasteiger partial charge in [-0.3, -0.25) is 9.59 Å². The van der Waals surface area contributed by atoms with Gasteiger partial charge >= 0.3 is 11.9 Å². The minimum Gasteiger partial charge on any atom is -0.481 e. The van der Waals surface area contributed by atoms with Crippen LogP contribution in [0.25, 0.3) is 0 Å². The molecule has 6 nitrogen and oxygen atoms in total. The zero-order valence-electron chi connectivity index (χ0n) is 9.65. The maximum atomic E-state index is 11.5. The highest BCUT2D eigenvalue weighted by atomic mass is 16.5. The Kier molecular flexibility index (Phi) is 5.29. The molecule has 2 atom stereocenters. The summed E-state index contributed by atoms with van der Waals surface area (Å²) >= 11 is 0. The molecule has 1 aromatic rings. The van der Waals surface area contributed by atoms with E-state index in [-0.39, 0.29) is 13.0 Å². The van der Waals surface area contributed by atoms with E-state index < -0.39 is 24.1 Å². The second-order valence-electron chi connectivity index (χ2n) is 3.79. The number of nitrogens with two attached hydrogens (primary N) is 1. The number of aliphatic hydroxyl groups is 1. The van der Waals surface area contributed by atoms with Crippen LogP contribution in [0.5, 0.6) is 0 Å². The Bertz CT molecular complexity index is 404. The molecule has 2 unspecified atom stereocenters. The molecule has 0 aliphatic carbocycles. The van der Waals surface area contributed by atoms with Gasteiger partial charge in [0.15, 0.2) is 5.92 Å². The second kappa shape index (κ2) is 6.73. The van der Waals surface area contributed by atoms with Crippen molar-refractivity contribution < 1.29 is 24.5 Å². The number of benzene rings is 1. The summed E-state index contributed by atoms with van der Waals surface area (Å²) in [6.45, 7) is -0.00980. The van der Waals surface area contributed by atoms with E-state index >= 15 is 0 Å². The van der Waals surface area contributed by atoms with Crippen LogP contribution in [-0.4, -0.2) is 28.4 Å². The maximum Gasteiger partial charge on any atom is 0.320 e. The van der Waals surface area contributed by atoms with Gasteiger partial charge in [-0.25, -0.2) is 0 Å². The van der Waals surface area contributed by atoms with Gasteiger partial charge in [0, 0.05) is 6.42 Å². The van der Waals surface area contributed by atoms with Crippen molar-refractivity contribution in [2.45, 2.75) is 19.3 Å². The number of esters is 1. The third kappa shape index (κ3) is 4.52. The lowest BCUT2D eigenvalue weighted by atomic mass is 10.1. The summed E-state index contributed by atoms with van der Waals surface area (Å²) in [5.74, 6) is -3.72. The smallest absolute Gasteiger partial charge is 0.320 e. The van der Waals surface area contributed by atoms with Crippen molar-refractivity contribution in [1.29, 1.82) is 0 Å². The van der Waals surface area contributed by atoms with Gasteiger partial charge in [-0.1, -0.05) is 30.3 Å². The Balaban J connectivity index is 2.54. The normalized spacial score (nSPS) is 13.7. The summed E-state index contributed by atoms with van der Waals surface area (Å²) < 4.78 is 4.87. The van der Waals surface area contributed by atoms with E-state index in [0.29, 0.717) is 0 Å². The fourth-order valence-electron chi connectivity index (χ4n) is 1.37. The lowest BCUT2D eigenvalue weighted by Crippen LogP contribution is -2.33. The molecule has 4 N–H and O–H groups in total. The first-order chi connectivity index (χ1) is 8.50. The number of hydrogen-bond donors (Lipinski definition) is 3. The predicted octanol–water partition coefficient (Wildman–Crippen LogP) is 0.0978. The number of carbonyl (C=O) groups excluding carboxylic acids is 1. The van der Waals surface area contributed by atoms with E-state index in [1.54, 1.807) is 24.3 Å². The van der Waals surface area contributed by atoms with Gasteiger partial charge in [0.2, 0.25) is 0 Å². The predicted molar refractivity (Wildman–Crippen MR) is 62.2 cm³/mol. The van der Waals surface area contributed by atoms with Crippen LogP contribution in [0.15, 0.2) is 30.3 Å². The molecule has 98 valence electrons. The quantitative estimate of drug-likeness (QED) is 0.377. The minimum atomic E-state index is -1.45. The molecule has 0 saturated heterocycles. The van der Waals surface area contributed by atoms with Crippen molar-refractivity contribution >= 4 is 11.9 Å². The molecule has 0 spiro atoms. The molecule has 0 saturated carbocycles. The first-order valence-corrected chi connectivity index (χ1v) is 5.37. The fourth-order valence-corrected chi connectivity index (χ4v) is 1.37. The fraction of sp³-hybridized carbons (Fsp3) is 0.333. The lowest BCUT2D eigenvalue weighted by Gasteiger charge is -2.13. The maximum absolute atomic E-state index is 11.5. The largest absolute Gasteiger partial charge is 0.481 e. The topological polar surface area (TPSA) is 110 Å². The Morgan fingerprint density at radius 1 is 1.28 bits per heavy atom. The number of aliphatic hydroxyl groups excluding tert-OH is 1. The Labute approximate surface area is 104 Å². The molecule has 0 heterocycles. The average molecular weight is 253 g/mol. The van der Waals surface area contributed by atoms with Crippen molar-refractivity contribution in [1.82, 2.24) is 0 Å². The average Bonchev–Trinajstić information content (AvgIpc) is 2.34. The van der Waals surface area contributed by atoms with Crippen molar-refractivity contribution in [3.8, 4) is 0 Å². The van der Waals surface area contributed by atoms with Crippen LogP contribution in [-0.2, 0) is 20.9 Å².